The fraction of sp³-hybridized carbons (Fsp3) is 0.864. The van der Waals surface area contributed by atoms with Crippen LogP contribution in [0.2, 0.25) is 0 Å². The zero-order valence-electron chi connectivity index (χ0n) is 16.8. The van der Waals surface area contributed by atoms with Gasteiger partial charge in [-0.15, -0.1) is 0 Å². The van der Waals surface area contributed by atoms with Crippen LogP contribution in [0.3, 0.4) is 0 Å². The van der Waals surface area contributed by atoms with E-state index in [0.717, 1.165) is 38.5 Å². The Balaban J connectivity index is 1.68. The third-order valence-corrected chi connectivity index (χ3v) is 9.19. The molecule has 0 heterocycles. The van der Waals surface area contributed by atoms with E-state index in [0.29, 0.717) is 6.42 Å². The van der Waals surface area contributed by atoms with Crippen molar-refractivity contribution in [3.05, 3.63) is 11.6 Å². The first-order chi connectivity index (χ1) is 12.6. The van der Waals surface area contributed by atoms with Crippen molar-refractivity contribution >= 4 is 5.97 Å². The lowest BCUT2D eigenvalue weighted by atomic mass is 9.39. The van der Waals surface area contributed by atoms with Gasteiger partial charge in [0.15, 0.2) is 0 Å². The SMILES string of the molecule is CC(=O)OCC1(O)CCC23CC1C=C2CCC1C(C)(CO)C(O)CCC13C. The van der Waals surface area contributed by atoms with Gasteiger partial charge in [-0.05, 0) is 61.7 Å². The summed E-state index contributed by atoms with van der Waals surface area (Å²) in [5, 5.41) is 32.1. The number of fused-ring (bicyclic) bond motifs is 2. The minimum Gasteiger partial charge on any atom is -0.463 e. The molecule has 4 aliphatic rings. The van der Waals surface area contributed by atoms with Crippen LogP contribution >= 0.6 is 0 Å². The van der Waals surface area contributed by atoms with E-state index in [2.05, 4.69) is 19.9 Å². The Morgan fingerprint density at radius 2 is 2.00 bits per heavy atom. The number of aliphatic hydroxyl groups is 3. The standard InChI is InChI=1S/C22H34O5/c1-14(24)27-13-22(26)9-8-21-11-16(22)10-15(21)4-5-17-19(2,12-23)18(25)6-7-20(17,21)3/h10,16-18,23,25-26H,4-9,11-13H2,1-3H3. The lowest BCUT2D eigenvalue weighted by Gasteiger charge is -2.65. The minimum atomic E-state index is -0.971. The van der Waals surface area contributed by atoms with Gasteiger partial charge in [-0.1, -0.05) is 25.5 Å². The largest absolute Gasteiger partial charge is 0.463 e. The van der Waals surface area contributed by atoms with Crippen molar-refractivity contribution in [1.29, 1.82) is 0 Å². The number of esters is 1. The molecule has 0 amide bonds. The number of carbonyl (C=O) groups is 1. The van der Waals surface area contributed by atoms with E-state index >= 15 is 0 Å². The van der Waals surface area contributed by atoms with E-state index in [-0.39, 0.29) is 41.8 Å². The van der Waals surface area contributed by atoms with Crippen LogP contribution in [0.5, 0.6) is 0 Å². The zero-order valence-corrected chi connectivity index (χ0v) is 16.8. The van der Waals surface area contributed by atoms with E-state index in [9.17, 15) is 20.1 Å². The van der Waals surface area contributed by atoms with Crippen molar-refractivity contribution in [3.8, 4) is 0 Å². The van der Waals surface area contributed by atoms with E-state index < -0.39 is 17.1 Å². The first kappa shape index (κ1) is 19.4. The van der Waals surface area contributed by atoms with Gasteiger partial charge in [0, 0.05) is 18.3 Å². The Morgan fingerprint density at radius 1 is 1.26 bits per heavy atom. The summed E-state index contributed by atoms with van der Waals surface area (Å²) in [5.41, 5.74) is 0.0882. The Hall–Kier alpha value is -0.910. The summed E-state index contributed by atoms with van der Waals surface area (Å²) in [4.78, 5) is 11.3. The highest BCUT2D eigenvalue weighted by Gasteiger charge is 2.68. The van der Waals surface area contributed by atoms with Crippen LogP contribution in [0.15, 0.2) is 11.6 Å². The summed E-state index contributed by atoms with van der Waals surface area (Å²) in [6.45, 7) is 5.89. The minimum absolute atomic E-state index is 0.0170. The van der Waals surface area contributed by atoms with E-state index in [1.54, 1.807) is 0 Å². The molecule has 1 spiro atoms. The number of hydrogen-bond acceptors (Lipinski definition) is 5. The number of carbonyl (C=O) groups excluding carboxylic acids is 1. The van der Waals surface area contributed by atoms with Crippen molar-refractivity contribution in [2.45, 2.75) is 77.4 Å². The topological polar surface area (TPSA) is 87.0 Å². The quantitative estimate of drug-likeness (QED) is 0.519. The molecule has 0 aromatic rings. The highest BCUT2D eigenvalue weighted by molar-refractivity contribution is 5.66. The summed E-state index contributed by atoms with van der Waals surface area (Å²) in [7, 11) is 0. The third kappa shape index (κ3) is 2.44. The fourth-order valence-electron chi connectivity index (χ4n) is 7.44. The Labute approximate surface area is 161 Å². The molecule has 2 bridgehead atoms. The number of allylic oxidation sites excluding steroid dienone is 1. The second-order valence-electron chi connectivity index (χ2n) is 10.2. The molecular formula is C22H34O5. The first-order valence-electron chi connectivity index (χ1n) is 10.5. The molecule has 0 radical (unpaired) electrons. The molecule has 4 rings (SSSR count). The van der Waals surface area contributed by atoms with E-state index in [4.69, 9.17) is 4.74 Å². The van der Waals surface area contributed by atoms with Crippen molar-refractivity contribution in [1.82, 2.24) is 0 Å². The molecule has 5 nitrogen and oxygen atoms in total. The van der Waals surface area contributed by atoms with E-state index in [1.165, 1.54) is 12.5 Å². The van der Waals surface area contributed by atoms with Crippen LogP contribution in [-0.2, 0) is 9.53 Å². The van der Waals surface area contributed by atoms with Gasteiger partial charge in [0.25, 0.3) is 0 Å². The highest BCUT2D eigenvalue weighted by Crippen LogP contribution is 2.73. The molecule has 7 atom stereocenters. The molecular weight excluding hydrogens is 344 g/mol. The summed E-state index contributed by atoms with van der Waals surface area (Å²) in [6.07, 6.45) is 7.87. The molecule has 0 aromatic carbocycles. The molecule has 5 heteroatoms. The molecule has 7 unspecified atom stereocenters. The molecule has 0 aromatic heterocycles. The third-order valence-electron chi connectivity index (χ3n) is 9.19. The fourth-order valence-corrected chi connectivity index (χ4v) is 7.44. The second kappa shape index (κ2) is 6.04. The predicted molar refractivity (Wildman–Crippen MR) is 101 cm³/mol. The van der Waals surface area contributed by atoms with Gasteiger partial charge in [0.2, 0.25) is 0 Å². The summed E-state index contributed by atoms with van der Waals surface area (Å²) < 4.78 is 5.20. The second-order valence-corrected chi connectivity index (χ2v) is 10.2. The van der Waals surface area contributed by atoms with Gasteiger partial charge in [0.1, 0.15) is 12.2 Å². The molecule has 3 fully saturated rings. The van der Waals surface area contributed by atoms with Crippen molar-refractivity contribution in [2.75, 3.05) is 13.2 Å². The van der Waals surface area contributed by atoms with Gasteiger partial charge in [-0.3, -0.25) is 4.79 Å². The maximum Gasteiger partial charge on any atom is 0.302 e. The summed E-state index contributed by atoms with van der Waals surface area (Å²) in [6, 6.07) is 0. The lowest BCUT2D eigenvalue weighted by molar-refractivity contribution is -0.196. The summed E-state index contributed by atoms with van der Waals surface area (Å²) >= 11 is 0. The normalized spacial score (nSPS) is 51.2. The molecule has 3 saturated carbocycles. The Bertz CT molecular complexity index is 674. The monoisotopic (exact) mass is 378 g/mol. The van der Waals surface area contributed by atoms with Gasteiger partial charge in [-0.2, -0.15) is 0 Å². The predicted octanol–water partition coefficient (Wildman–Crippen LogP) is 2.58. The van der Waals surface area contributed by atoms with Gasteiger partial charge < -0.3 is 20.1 Å². The van der Waals surface area contributed by atoms with E-state index in [1.807, 2.05) is 0 Å². The number of aliphatic hydroxyl groups excluding tert-OH is 2. The molecule has 0 aliphatic heterocycles. The van der Waals surface area contributed by atoms with Crippen LogP contribution < -0.4 is 0 Å². The lowest BCUT2D eigenvalue weighted by Crippen LogP contribution is -2.62. The zero-order chi connectivity index (χ0) is 19.7. The summed E-state index contributed by atoms with van der Waals surface area (Å²) in [5.74, 6) is -0.0588. The highest BCUT2D eigenvalue weighted by atomic mass is 16.5. The van der Waals surface area contributed by atoms with Crippen molar-refractivity contribution < 1.29 is 24.9 Å². The van der Waals surface area contributed by atoms with Crippen molar-refractivity contribution in [2.24, 2.45) is 28.1 Å². The van der Waals surface area contributed by atoms with Gasteiger partial charge in [0.05, 0.1) is 12.7 Å². The maximum absolute atomic E-state index is 11.3. The average Bonchev–Trinajstić information content (AvgIpc) is 2.98. The number of hydrogen-bond donors (Lipinski definition) is 3. The van der Waals surface area contributed by atoms with Crippen LogP contribution in [0.25, 0.3) is 0 Å². The average molecular weight is 379 g/mol. The van der Waals surface area contributed by atoms with Gasteiger partial charge in [-0.25, -0.2) is 0 Å². The van der Waals surface area contributed by atoms with Crippen molar-refractivity contribution in [3.63, 3.8) is 0 Å². The van der Waals surface area contributed by atoms with Crippen LogP contribution in [0.4, 0.5) is 0 Å². The Morgan fingerprint density at radius 3 is 2.67 bits per heavy atom. The Kier molecular flexibility index (Phi) is 4.34. The van der Waals surface area contributed by atoms with Crippen LogP contribution in [0, 0.1) is 28.1 Å². The molecule has 4 aliphatic carbocycles. The van der Waals surface area contributed by atoms with Crippen LogP contribution in [-0.4, -0.2) is 46.2 Å². The van der Waals surface area contributed by atoms with Gasteiger partial charge >= 0.3 is 5.97 Å². The smallest absolute Gasteiger partial charge is 0.302 e. The van der Waals surface area contributed by atoms with Crippen LogP contribution in [0.1, 0.15) is 65.7 Å². The molecule has 0 saturated heterocycles. The molecule has 27 heavy (non-hydrogen) atoms. The molecule has 152 valence electrons. The molecule has 3 N–H and O–H groups in total. The number of ether oxygens (including phenoxy) is 1. The maximum atomic E-state index is 11.3. The number of rotatable bonds is 3. The first-order valence-corrected chi connectivity index (χ1v) is 10.5.